The van der Waals surface area contributed by atoms with Crippen LogP contribution in [0.1, 0.15) is 51.5 Å². The normalized spacial score (nSPS) is 28.9. The summed E-state index contributed by atoms with van der Waals surface area (Å²) in [6.07, 6.45) is 4.28. The zero-order chi connectivity index (χ0) is 14.8. The Kier molecular flexibility index (Phi) is 4.56. The highest BCUT2D eigenvalue weighted by molar-refractivity contribution is 9.10. The monoisotopic (exact) mass is 335 g/mol. The van der Waals surface area contributed by atoms with Gasteiger partial charge in [0.1, 0.15) is 5.60 Å². The molecule has 1 aliphatic rings. The largest absolute Gasteiger partial charge is 0.383 e. The van der Waals surface area contributed by atoms with Crippen molar-refractivity contribution >= 4 is 15.9 Å². The molecule has 1 aromatic carbocycles. The van der Waals surface area contributed by atoms with E-state index in [1.54, 1.807) is 0 Å². The van der Waals surface area contributed by atoms with Gasteiger partial charge in [-0.15, -0.1) is 0 Å². The molecular weight excluding hydrogens is 314 g/mol. The van der Waals surface area contributed by atoms with Crippen molar-refractivity contribution in [1.82, 2.24) is 0 Å². The van der Waals surface area contributed by atoms with Crippen LogP contribution in [0.5, 0.6) is 0 Å². The molecule has 2 rings (SSSR count). The van der Waals surface area contributed by atoms with Gasteiger partial charge in [0.25, 0.3) is 0 Å². The molecule has 0 aliphatic heterocycles. The first-order valence-corrected chi connectivity index (χ1v) is 8.20. The summed E-state index contributed by atoms with van der Waals surface area (Å²) in [7, 11) is 0. The summed E-state index contributed by atoms with van der Waals surface area (Å²) in [5.74, 6) is 0.555. The van der Waals surface area contributed by atoms with Crippen LogP contribution in [0.4, 0.5) is 0 Å². The number of hydrogen-bond acceptors (Lipinski definition) is 2. The summed E-state index contributed by atoms with van der Waals surface area (Å²) in [6, 6.07) is 10.2. The van der Waals surface area contributed by atoms with Gasteiger partial charge in [-0.3, -0.25) is 0 Å². The lowest BCUT2D eigenvalue weighted by molar-refractivity contribution is -0.0646. The van der Waals surface area contributed by atoms with E-state index in [4.69, 9.17) is 0 Å². The average Bonchev–Trinajstić information content (AvgIpc) is 2.91. The Morgan fingerprint density at radius 1 is 1.50 bits per heavy atom. The summed E-state index contributed by atoms with van der Waals surface area (Å²) < 4.78 is 0.944. The zero-order valence-electron chi connectivity index (χ0n) is 12.2. The fourth-order valence-corrected chi connectivity index (χ4v) is 4.03. The second kappa shape index (κ2) is 5.87. The molecule has 3 atom stereocenters. The van der Waals surface area contributed by atoms with E-state index in [2.05, 4.69) is 28.9 Å². The van der Waals surface area contributed by atoms with Crippen molar-refractivity contribution in [2.75, 3.05) is 0 Å². The lowest BCUT2D eigenvalue weighted by atomic mass is 9.66. The molecule has 20 heavy (non-hydrogen) atoms. The van der Waals surface area contributed by atoms with Gasteiger partial charge in [-0.2, -0.15) is 5.26 Å². The molecule has 0 amide bonds. The lowest BCUT2D eigenvalue weighted by Gasteiger charge is -2.40. The molecular formula is C17H22BrNO. The molecule has 0 heterocycles. The second-order valence-corrected chi connectivity index (χ2v) is 6.85. The number of halogens is 1. The van der Waals surface area contributed by atoms with E-state index in [1.165, 1.54) is 0 Å². The first kappa shape index (κ1) is 15.5. The maximum Gasteiger partial charge on any atom is 0.108 e. The van der Waals surface area contributed by atoms with Crippen molar-refractivity contribution < 1.29 is 5.11 Å². The number of hydrogen-bond donors (Lipinski definition) is 1. The van der Waals surface area contributed by atoms with Crippen molar-refractivity contribution in [2.45, 2.75) is 51.6 Å². The number of nitrogens with zero attached hydrogens (tertiary/aromatic N) is 1. The van der Waals surface area contributed by atoms with Crippen molar-refractivity contribution in [3.8, 4) is 6.07 Å². The molecule has 1 aromatic rings. The minimum atomic E-state index is -1.06. The first-order valence-electron chi connectivity index (χ1n) is 7.41. The molecule has 0 radical (unpaired) electrons. The topological polar surface area (TPSA) is 44.0 Å². The van der Waals surface area contributed by atoms with Gasteiger partial charge in [-0.25, -0.2) is 0 Å². The van der Waals surface area contributed by atoms with E-state index in [0.29, 0.717) is 12.3 Å². The van der Waals surface area contributed by atoms with E-state index in [0.717, 1.165) is 35.7 Å². The maximum atomic E-state index is 11.3. The summed E-state index contributed by atoms with van der Waals surface area (Å²) >= 11 is 3.46. The third-order valence-electron chi connectivity index (χ3n) is 5.01. The highest BCUT2D eigenvalue weighted by Gasteiger charge is 2.54. The van der Waals surface area contributed by atoms with Crippen LogP contribution in [0.2, 0.25) is 0 Å². The van der Waals surface area contributed by atoms with Crippen molar-refractivity contribution in [3.63, 3.8) is 0 Å². The zero-order valence-corrected chi connectivity index (χ0v) is 13.8. The van der Waals surface area contributed by atoms with E-state index in [9.17, 15) is 10.4 Å². The first-order chi connectivity index (χ1) is 9.51. The summed E-state index contributed by atoms with van der Waals surface area (Å²) in [5.41, 5.74) is -0.855. The second-order valence-electron chi connectivity index (χ2n) is 5.94. The van der Waals surface area contributed by atoms with E-state index in [1.807, 2.05) is 31.2 Å². The quantitative estimate of drug-likeness (QED) is 0.861. The van der Waals surface area contributed by atoms with Crippen molar-refractivity contribution in [3.05, 3.63) is 34.3 Å². The molecule has 1 N–H and O–H groups in total. The van der Waals surface area contributed by atoms with Gasteiger partial charge in [-0.1, -0.05) is 48.3 Å². The van der Waals surface area contributed by atoms with Crippen LogP contribution in [0.25, 0.3) is 0 Å². The number of benzene rings is 1. The highest BCUT2D eigenvalue weighted by atomic mass is 79.9. The predicted molar refractivity (Wildman–Crippen MR) is 84.0 cm³/mol. The number of rotatable bonds is 4. The molecule has 0 saturated heterocycles. The maximum absolute atomic E-state index is 11.3. The summed E-state index contributed by atoms with van der Waals surface area (Å²) in [6.45, 7) is 4.14. The van der Waals surface area contributed by atoms with Crippen LogP contribution in [0.3, 0.4) is 0 Å². The molecule has 2 nitrogen and oxygen atoms in total. The molecule has 0 aromatic heterocycles. The van der Waals surface area contributed by atoms with Gasteiger partial charge in [0.15, 0.2) is 0 Å². The predicted octanol–water partition coefficient (Wildman–Crippen LogP) is 4.77. The molecule has 1 saturated carbocycles. The SMILES string of the molecule is CCC1CCC(C#N)(C(O)(CC)c2cccc(Br)c2)C1. The standard InChI is InChI=1S/C17H22BrNO/c1-3-13-8-9-16(11-13,12-19)17(20,4-2)14-6-5-7-15(18)10-14/h5-7,10,13,20H,3-4,8-9,11H2,1-2H3. The number of nitriles is 1. The Balaban J connectivity index is 2.47. The van der Waals surface area contributed by atoms with Gasteiger partial charge in [0.05, 0.1) is 11.5 Å². The molecule has 108 valence electrons. The van der Waals surface area contributed by atoms with Crippen molar-refractivity contribution in [2.24, 2.45) is 11.3 Å². The third-order valence-corrected chi connectivity index (χ3v) is 5.51. The van der Waals surface area contributed by atoms with Gasteiger partial charge in [-0.05, 0) is 49.3 Å². The molecule has 3 unspecified atom stereocenters. The summed E-state index contributed by atoms with van der Waals surface area (Å²) in [4.78, 5) is 0. The van der Waals surface area contributed by atoms with Crippen LogP contribution >= 0.6 is 15.9 Å². The van der Waals surface area contributed by atoms with Gasteiger partial charge >= 0.3 is 0 Å². The highest BCUT2D eigenvalue weighted by Crippen LogP contribution is 2.55. The lowest BCUT2D eigenvalue weighted by Crippen LogP contribution is -2.43. The Morgan fingerprint density at radius 3 is 2.75 bits per heavy atom. The van der Waals surface area contributed by atoms with Crippen LogP contribution in [0, 0.1) is 22.7 Å². The third kappa shape index (κ3) is 2.40. The Morgan fingerprint density at radius 2 is 2.25 bits per heavy atom. The van der Waals surface area contributed by atoms with Crippen LogP contribution in [-0.4, -0.2) is 5.11 Å². The molecule has 1 aliphatic carbocycles. The molecule has 0 spiro atoms. The van der Waals surface area contributed by atoms with Gasteiger partial charge in [0.2, 0.25) is 0 Å². The van der Waals surface area contributed by atoms with Gasteiger partial charge in [0, 0.05) is 4.47 Å². The molecule has 3 heteroatoms. The summed E-state index contributed by atoms with van der Waals surface area (Å²) in [5, 5.41) is 21.1. The minimum Gasteiger partial charge on any atom is -0.383 e. The van der Waals surface area contributed by atoms with E-state index >= 15 is 0 Å². The Labute approximate surface area is 129 Å². The van der Waals surface area contributed by atoms with Gasteiger partial charge < -0.3 is 5.11 Å². The average molecular weight is 336 g/mol. The number of aliphatic hydroxyl groups is 1. The molecule has 1 fully saturated rings. The van der Waals surface area contributed by atoms with Crippen LogP contribution < -0.4 is 0 Å². The van der Waals surface area contributed by atoms with Crippen molar-refractivity contribution in [1.29, 1.82) is 5.26 Å². The Bertz CT molecular complexity index is 524. The fraction of sp³-hybridized carbons (Fsp3) is 0.588. The van der Waals surface area contributed by atoms with Crippen LogP contribution in [-0.2, 0) is 5.60 Å². The van der Waals surface area contributed by atoms with Crippen LogP contribution in [0.15, 0.2) is 28.7 Å². The minimum absolute atomic E-state index is 0.555. The fourth-order valence-electron chi connectivity index (χ4n) is 3.63. The molecule has 0 bridgehead atoms. The van der Waals surface area contributed by atoms with E-state index < -0.39 is 11.0 Å². The van der Waals surface area contributed by atoms with E-state index in [-0.39, 0.29) is 0 Å². The smallest absolute Gasteiger partial charge is 0.108 e. The Hall–Kier alpha value is -0.850.